The number of hydrogen-bond donors (Lipinski definition) is 1. The maximum absolute atomic E-state index is 14.0. The zero-order valence-corrected chi connectivity index (χ0v) is 25.1. The van der Waals surface area contributed by atoms with Gasteiger partial charge in [0, 0.05) is 37.3 Å². The van der Waals surface area contributed by atoms with Crippen molar-refractivity contribution < 1.29 is 13.2 Å². The average Bonchev–Trinajstić information content (AvgIpc) is 3.68. The van der Waals surface area contributed by atoms with Gasteiger partial charge >= 0.3 is 5.69 Å². The summed E-state index contributed by atoms with van der Waals surface area (Å²) in [6.07, 6.45) is 7.95. The standard InChI is InChI=1S/C27H32BrN7O4S/c1-4-10-33-25-22(28)23(30-24(25)26-31-29-16-34(26)27(33)36)20-13-19(8-9-21(20)39-12-5-2)40(37,38)35-15-18-7-6-11-32(18)14-17(35)3/h6,8-9,11,13,16-18,30H,4-5,7,10,12,14-15H2,1-3H3/t17-,18+/m1/s1. The maximum Gasteiger partial charge on any atom is 0.335 e. The summed E-state index contributed by atoms with van der Waals surface area (Å²) in [5, 5.41) is 8.14. The Balaban J connectivity index is 1.52. The van der Waals surface area contributed by atoms with Gasteiger partial charge in [-0.2, -0.15) is 4.31 Å². The van der Waals surface area contributed by atoms with E-state index in [1.807, 2.05) is 20.8 Å². The smallest absolute Gasteiger partial charge is 0.335 e. The van der Waals surface area contributed by atoms with Crippen molar-refractivity contribution in [3.8, 4) is 17.0 Å². The van der Waals surface area contributed by atoms with Crippen molar-refractivity contribution in [1.29, 1.82) is 0 Å². The molecule has 1 aromatic carbocycles. The van der Waals surface area contributed by atoms with E-state index in [2.05, 4.69) is 48.3 Å². The highest BCUT2D eigenvalue weighted by molar-refractivity contribution is 9.10. The first-order valence-corrected chi connectivity index (χ1v) is 15.8. The molecule has 1 fully saturated rings. The SMILES string of the molecule is CCCOc1ccc(S(=O)(=O)N2C[C@@H]3CC=CN3C[C@H]2C)cc1-c1[nH]c2c(c1Br)n(CCC)c(=O)n1cnnc21. The second kappa shape index (κ2) is 10.3. The molecule has 212 valence electrons. The molecule has 11 nitrogen and oxygen atoms in total. The molecule has 1 N–H and O–H groups in total. The van der Waals surface area contributed by atoms with Crippen LogP contribution in [0.3, 0.4) is 0 Å². The van der Waals surface area contributed by atoms with Gasteiger partial charge in [-0.25, -0.2) is 17.6 Å². The zero-order chi connectivity index (χ0) is 28.2. The fourth-order valence-corrected chi connectivity index (χ4v) is 8.14. The van der Waals surface area contributed by atoms with Crippen LogP contribution < -0.4 is 10.4 Å². The number of piperazine rings is 1. The Morgan fingerprint density at radius 2 is 2.02 bits per heavy atom. The molecule has 1 saturated heterocycles. The first-order chi connectivity index (χ1) is 19.3. The second-order valence-corrected chi connectivity index (χ2v) is 13.1. The Morgan fingerprint density at radius 3 is 2.80 bits per heavy atom. The minimum absolute atomic E-state index is 0.154. The molecule has 0 aliphatic carbocycles. The quantitative estimate of drug-likeness (QED) is 0.313. The van der Waals surface area contributed by atoms with Crippen molar-refractivity contribution in [3.63, 3.8) is 0 Å². The Bertz CT molecular complexity index is 1790. The predicted molar refractivity (Wildman–Crippen MR) is 156 cm³/mol. The monoisotopic (exact) mass is 629 g/mol. The van der Waals surface area contributed by atoms with E-state index < -0.39 is 10.0 Å². The number of nitrogens with one attached hydrogen (secondary N) is 1. The van der Waals surface area contributed by atoms with Crippen LogP contribution in [0.5, 0.6) is 5.75 Å². The number of ether oxygens (including phenoxy) is 1. The van der Waals surface area contributed by atoms with E-state index >= 15 is 0 Å². The highest BCUT2D eigenvalue weighted by Gasteiger charge is 2.39. The number of sulfonamides is 1. The molecule has 2 aliphatic rings. The molecular formula is C27H32BrN7O4S. The van der Waals surface area contributed by atoms with Gasteiger partial charge in [-0.1, -0.05) is 19.9 Å². The number of H-pyrrole nitrogens is 1. The van der Waals surface area contributed by atoms with Crippen molar-refractivity contribution >= 4 is 42.6 Å². The minimum atomic E-state index is -3.80. The Hall–Kier alpha value is -3.16. The number of benzene rings is 1. The van der Waals surface area contributed by atoms with E-state index in [9.17, 15) is 13.2 Å². The molecule has 2 atom stereocenters. The molecule has 0 spiro atoms. The fourth-order valence-electron chi connectivity index (χ4n) is 5.73. The first kappa shape index (κ1) is 27.0. The van der Waals surface area contributed by atoms with Crippen molar-refractivity contribution in [3.05, 3.63) is 51.8 Å². The number of halogens is 1. The topological polar surface area (TPSA) is 118 Å². The van der Waals surface area contributed by atoms with Gasteiger partial charge in [0.15, 0.2) is 5.65 Å². The van der Waals surface area contributed by atoms with Crippen LogP contribution in [0.1, 0.15) is 40.0 Å². The number of nitrogens with zero attached hydrogens (tertiary/aromatic N) is 6. The van der Waals surface area contributed by atoms with Crippen LogP contribution in [0.2, 0.25) is 0 Å². The summed E-state index contributed by atoms with van der Waals surface area (Å²) in [6, 6.07) is 5.00. The van der Waals surface area contributed by atoms with Crippen LogP contribution in [0.15, 0.2) is 51.0 Å². The lowest BCUT2D eigenvalue weighted by Gasteiger charge is -2.41. The summed E-state index contributed by atoms with van der Waals surface area (Å²) in [7, 11) is -3.80. The first-order valence-electron chi connectivity index (χ1n) is 13.6. The minimum Gasteiger partial charge on any atom is -0.493 e. The van der Waals surface area contributed by atoms with Crippen molar-refractivity contribution in [1.82, 2.24) is 33.4 Å². The highest BCUT2D eigenvalue weighted by Crippen LogP contribution is 2.41. The molecular weight excluding hydrogens is 598 g/mol. The Labute approximate surface area is 240 Å². The van der Waals surface area contributed by atoms with E-state index in [-0.39, 0.29) is 22.7 Å². The normalized spacial score (nSPS) is 19.6. The van der Waals surface area contributed by atoms with Crippen LogP contribution in [-0.4, -0.2) is 73.6 Å². The molecule has 0 amide bonds. The molecule has 6 rings (SSSR count). The molecule has 2 aliphatic heterocycles. The molecule has 40 heavy (non-hydrogen) atoms. The summed E-state index contributed by atoms with van der Waals surface area (Å²) in [4.78, 5) is 19.1. The molecule has 0 saturated carbocycles. The lowest BCUT2D eigenvalue weighted by molar-refractivity contribution is 0.139. The molecule has 3 aromatic heterocycles. The number of rotatable bonds is 8. The van der Waals surface area contributed by atoms with Gasteiger partial charge in [0.1, 0.15) is 17.6 Å². The van der Waals surface area contributed by atoms with E-state index in [1.165, 1.54) is 10.7 Å². The van der Waals surface area contributed by atoms with Gasteiger partial charge in [0.2, 0.25) is 10.0 Å². The third-order valence-electron chi connectivity index (χ3n) is 7.66. The average molecular weight is 631 g/mol. The number of aryl methyl sites for hydroxylation is 1. The third-order valence-corrected chi connectivity index (χ3v) is 10.4. The van der Waals surface area contributed by atoms with Crippen LogP contribution in [-0.2, 0) is 16.6 Å². The van der Waals surface area contributed by atoms with Crippen LogP contribution in [0.25, 0.3) is 27.9 Å². The van der Waals surface area contributed by atoms with Gasteiger partial charge in [0.05, 0.1) is 27.2 Å². The number of hydrogen-bond acceptors (Lipinski definition) is 7. The van der Waals surface area contributed by atoms with Crippen molar-refractivity contribution in [2.45, 2.75) is 63.6 Å². The molecule has 5 heterocycles. The van der Waals surface area contributed by atoms with Crippen LogP contribution in [0.4, 0.5) is 0 Å². The van der Waals surface area contributed by atoms with E-state index in [0.29, 0.717) is 64.4 Å². The lowest BCUT2D eigenvalue weighted by Crippen LogP contribution is -2.55. The predicted octanol–water partition coefficient (Wildman–Crippen LogP) is 3.98. The molecule has 13 heteroatoms. The molecule has 0 unspecified atom stereocenters. The fraction of sp³-hybridized carbons (Fsp3) is 0.444. The number of aromatic nitrogens is 5. The van der Waals surface area contributed by atoms with Crippen molar-refractivity contribution in [2.24, 2.45) is 0 Å². The van der Waals surface area contributed by atoms with Gasteiger partial charge in [-0.05, 0) is 66.5 Å². The summed E-state index contributed by atoms with van der Waals surface area (Å²) < 4.78 is 39.5. The van der Waals surface area contributed by atoms with E-state index in [0.717, 1.165) is 19.3 Å². The van der Waals surface area contributed by atoms with Crippen molar-refractivity contribution in [2.75, 3.05) is 19.7 Å². The molecule has 4 aromatic rings. The summed E-state index contributed by atoms with van der Waals surface area (Å²) in [5.41, 5.74) is 2.62. The Kier molecular flexibility index (Phi) is 6.99. The number of fused-ring (bicyclic) bond motifs is 4. The van der Waals surface area contributed by atoms with Gasteiger partial charge in [0.25, 0.3) is 0 Å². The van der Waals surface area contributed by atoms with E-state index in [1.54, 1.807) is 27.1 Å². The lowest BCUT2D eigenvalue weighted by atomic mass is 10.1. The maximum atomic E-state index is 14.0. The zero-order valence-electron chi connectivity index (χ0n) is 22.7. The van der Waals surface area contributed by atoms with Crippen LogP contribution >= 0.6 is 15.9 Å². The van der Waals surface area contributed by atoms with Crippen LogP contribution in [0, 0.1) is 0 Å². The van der Waals surface area contributed by atoms with Gasteiger partial charge in [-0.3, -0.25) is 4.57 Å². The molecule has 0 bridgehead atoms. The summed E-state index contributed by atoms with van der Waals surface area (Å²) >= 11 is 3.74. The molecule has 0 radical (unpaired) electrons. The highest BCUT2D eigenvalue weighted by atomic mass is 79.9. The number of aromatic amines is 1. The summed E-state index contributed by atoms with van der Waals surface area (Å²) in [5.74, 6) is 0.549. The van der Waals surface area contributed by atoms with Gasteiger partial charge < -0.3 is 14.6 Å². The van der Waals surface area contributed by atoms with E-state index in [4.69, 9.17) is 4.74 Å². The largest absolute Gasteiger partial charge is 0.493 e. The third kappa shape index (κ3) is 4.25. The van der Waals surface area contributed by atoms with Gasteiger partial charge in [-0.15, -0.1) is 10.2 Å². The Morgan fingerprint density at radius 1 is 1.20 bits per heavy atom. The second-order valence-electron chi connectivity index (χ2n) is 10.4. The summed E-state index contributed by atoms with van der Waals surface area (Å²) in [6.45, 7) is 8.02.